The van der Waals surface area contributed by atoms with Crippen LogP contribution in [0.1, 0.15) is 5.76 Å². The van der Waals surface area contributed by atoms with Gasteiger partial charge in [-0.05, 0) is 48.5 Å². The number of carbonyl (C=O) groups is 1. The molecule has 0 atom stereocenters. The number of halogens is 1. The molecule has 1 saturated heterocycles. The van der Waals surface area contributed by atoms with Gasteiger partial charge in [0.05, 0.1) is 29.5 Å². The van der Waals surface area contributed by atoms with Gasteiger partial charge in [0.2, 0.25) is 5.91 Å². The lowest BCUT2D eigenvalue weighted by Crippen LogP contribution is -2.49. The van der Waals surface area contributed by atoms with Crippen molar-refractivity contribution in [1.29, 1.82) is 0 Å². The van der Waals surface area contributed by atoms with Crippen LogP contribution in [0.4, 0.5) is 10.1 Å². The molecule has 9 heteroatoms. The Labute approximate surface area is 199 Å². The third-order valence-electron chi connectivity index (χ3n) is 5.87. The quantitative estimate of drug-likeness (QED) is 0.311. The molecular formula is C25H23FN4O3S. The molecule has 0 N–H and O–H groups in total. The number of carbonyl (C=O) groups excluding carboxylic acids is 1. The van der Waals surface area contributed by atoms with Crippen LogP contribution < -0.4 is 10.5 Å². The molecule has 0 radical (unpaired) electrons. The summed E-state index contributed by atoms with van der Waals surface area (Å²) in [6.07, 6.45) is 1.57. The van der Waals surface area contributed by atoms with Gasteiger partial charge in [-0.3, -0.25) is 14.2 Å². The number of hydrogen-bond donors (Lipinski definition) is 0. The third kappa shape index (κ3) is 4.70. The summed E-state index contributed by atoms with van der Waals surface area (Å²) in [7, 11) is 0. The van der Waals surface area contributed by atoms with Crippen molar-refractivity contribution in [2.45, 2.75) is 11.7 Å². The minimum Gasteiger partial charge on any atom is -0.467 e. The Morgan fingerprint density at radius 3 is 2.50 bits per heavy atom. The SMILES string of the molecule is O=C(CSc1nc2ccccc2c(=O)n1Cc1ccco1)N1CCN(c2ccc(F)cc2)CC1. The molecular weight excluding hydrogens is 455 g/mol. The number of benzene rings is 2. The second kappa shape index (κ2) is 9.72. The summed E-state index contributed by atoms with van der Waals surface area (Å²) in [6.45, 7) is 2.78. The van der Waals surface area contributed by atoms with Crippen LogP contribution in [0.15, 0.2) is 81.3 Å². The Morgan fingerprint density at radius 2 is 1.76 bits per heavy atom. The topological polar surface area (TPSA) is 71.6 Å². The molecule has 1 fully saturated rings. The highest BCUT2D eigenvalue weighted by Gasteiger charge is 2.22. The first-order valence-corrected chi connectivity index (χ1v) is 12.0. The van der Waals surface area contributed by atoms with Crippen molar-refractivity contribution in [2.75, 3.05) is 36.8 Å². The summed E-state index contributed by atoms with van der Waals surface area (Å²) < 4.78 is 20.2. The average Bonchev–Trinajstić information content (AvgIpc) is 3.38. The lowest BCUT2D eigenvalue weighted by molar-refractivity contribution is -0.128. The van der Waals surface area contributed by atoms with Gasteiger partial charge in [-0.2, -0.15) is 0 Å². The molecule has 4 aromatic rings. The first-order valence-electron chi connectivity index (χ1n) is 11.0. The number of nitrogens with zero attached hydrogens (tertiary/aromatic N) is 4. The van der Waals surface area contributed by atoms with Crippen molar-refractivity contribution in [2.24, 2.45) is 0 Å². The van der Waals surface area contributed by atoms with E-state index in [0.29, 0.717) is 48.0 Å². The predicted octanol–water partition coefficient (Wildman–Crippen LogP) is 3.62. The van der Waals surface area contributed by atoms with Gasteiger partial charge in [0, 0.05) is 31.9 Å². The maximum atomic E-state index is 13.2. The lowest BCUT2D eigenvalue weighted by Gasteiger charge is -2.36. The van der Waals surface area contributed by atoms with E-state index in [1.54, 1.807) is 41.2 Å². The van der Waals surface area contributed by atoms with Gasteiger partial charge < -0.3 is 14.2 Å². The first kappa shape index (κ1) is 22.2. The van der Waals surface area contributed by atoms with Crippen LogP contribution in [0.2, 0.25) is 0 Å². The maximum absolute atomic E-state index is 13.2. The van der Waals surface area contributed by atoms with Gasteiger partial charge in [-0.15, -0.1) is 0 Å². The first-order chi connectivity index (χ1) is 16.6. The second-order valence-electron chi connectivity index (χ2n) is 8.02. The number of thioether (sulfide) groups is 1. The van der Waals surface area contributed by atoms with E-state index < -0.39 is 0 Å². The molecule has 5 rings (SSSR count). The van der Waals surface area contributed by atoms with Crippen molar-refractivity contribution < 1.29 is 13.6 Å². The maximum Gasteiger partial charge on any atom is 0.262 e. The van der Waals surface area contributed by atoms with E-state index in [-0.39, 0.29) is 29.6 Å². The van der Waals surface area contributed by atoms with E-state index in [1.807, 2.05) is 23.1 Å². The Kier molecular flexibility index (Phi) is 6.35. The average molecular weight is 479 g/mol. The molecule has 3 heterocycles. The minimum absolute atomic E-state index is 0.00397. The normalized spacial score (nSPS) is 14.0. The van der Waals surface area contributed by atoms with Gasteiger partial charge in [0.15, 0.2) is 5.16 Å². The summed E-state index contributed by atoms with van der Waals surface area (Å²) in [5.41, 5.74) is 1.39. The predicted molar refractivity (Wildman–Crippen MR) is 130 cm³/mol. The van der Waals surface area contributed by atoms with Crippen molar-refractivity contribution in [3.8, 4) is 0 Å². The zero-order valence-electron chi connectivity index (χ0n) is 18.4. The van der Waals surface area contributed by atoms with Gasteiger partial charge >= 0.3 is 0 Å². The van der Waals surface area contributed by atoms with Gasteiger partial charge in [0.1, 0.15) is 11.6 Å². The molecule has 0 bridgehead atoms. The van der Waals surface area contributed by atoms with Gasteiger partial charge in [-0.1, -0.05) is 23.9 Å². The lowest BCUT2D eigenvalue weighted by atomic mass is 10.2. The van der Waals surface area contributed by atoms with Crippen molar-refractivity contribution in [3.05, 3.63) is 88.9 Å². The number of amides is 1. The number of furan rings is 1. The molecule has 1 aliphatic rings. The second-order valence-corrected chi connectivity index (χ2v) is 8.96. The third-order valence-corrected chi connectivity index (χ3v) is 6.83. The highest BCUT2D eigenvalue weighted by molar-refractivity contribution is 7.99. The van der Waals surface area contributed by atoms with Gasteiger partial charge in [0.25, 0.3) is 5.56 Å². The van der Waals surface area contributed by atoms with Crippen molar-refractivity contribution >= 4 is 34.3 Å². The fraction of sp³-hybridized carbons (Fsp3) is 0.240. The Bertz CT molecular complexity index is 1350. The minimum atomic E-state index is -0.262. The molecule has 2 aromatic heterocycles. The van der Waals surface area contributed by atoms with Crippen LogP contribution >= 0.6 is 11.8 Å². The largest absolute Gasteiger partial charge is 0.467 e. The fourth-order valence-corrected chi connectivity index (χ4v) is 4.94. The smallest absolute Gasteiger partial charge is 0.262 e. The summed E-state index contributed by atoms with van der Waals surface area (Å²) >= 11 is 1.26. The van der Waals surface area contributed by atoms with Crippen LogP contribution in [0.5, 0.6) is 0 Å². The van der Waals surface area contributed by atoms with Crippen molar-refractivity contribution in [3.63, 3.8) is 0 Å². The van der Waals surface area contributed by atoms with E-state index in [9.17, 15) is 14.0 Å². The fourth-order valence-electron chi connectivity index (χ4n) is 4.04. The Balaban J connectivity index is 1.28. The Hall–Kier alpha value is -3.59. The molecule has 1 aliphatic heterocycles. The highest BCUT2D eigenvalue weighted by atomic mass is 32.2. The standard InChI is InChI=1S/C25H23FN4O3S/c26-18-7-9-19(10-8-18)28-11-13-29(14-12-28)23(31)17-34-25-27-22-6-2-1-5-21(22)24(32)30(25)16-20-4-3-15-33-20/h1-10,15H,11-14,16-17H2. The number of rotatable bonds is 6. The zero-order chi connectivity index (χ0) is 23.5. The van der Waals surface area contributed by atoms with E-state index in [2.05, 4.69) is 9.88 Å². The summed E-state index contributed by atoms with van der Waals surface area (Å²) in [5.74, 6) is 0.557. The van der Waals surface area contributed by atoms with Crippen LogP contribution in [-0.2, 0) is 11.3 Å². The number of hydrogen-bond acceptors (Lipinski definition) is 6. The molecule has 34 heavy (non-hydrogen) atoms. The summed E-state index contributed by atoms with van der Waals surface area (Å²) in [4.78, 5) is 34.7. The van der Waals surface area contributed by atoms with E-state index >= 15 is 0 Å². The van der Waals surface area contributed by atoms with E-state index in [4.69, 9.17) is 4.42 Å². The van der Waals surface area contributed by atoms with Crippen molar-refractivity contribution in [1.82, 2.24) is 14.5 Å². The number of aromatic nitrogens is 2. The summed E-state index contributed by atoms with van der Waals surface area (Å²) in [6, 6.07) is 17.2. The molecule has 0 saturated carbocycles. The number of anilines is 1. The molecule has 2 aromatic carbocycles. The van der Waals surface area contributed by atoms with Gasteiger partial charge in [-0.25, -0.2) is 9.37 Å². The molecule has 0 aliphatic carbocycles. The van der Waals surface area contributed by atoms with Crippen LogP contribution in [-0.4, -0.2) is 52.3 Å². The zero-order valence-corrected chi connectivity index (χ0v) is 19.2. The Morgan fingerprint density at radius 1 is 1.00 bits per heavy atom. The summed E-state index contributed by atoms with van der Waals surface area (Å²) in [5, 5.41) is 1.01. The highest BCUT2D eigenvalue weighted by Crippen LogP contribution is 2.21. The molecule has 0 unspecified atom stereocenters. The van der Waals surface area contributed by atoms with Crippen LogP contribution in [0.3, 0.4) is 0 Å². The van der Waals surface area contributed by atoms with E-state index in [0.717, 1.165) is 5.69 Å². The number of piperazine rings is 1. The molecule has 1 amide bonds. The monoisotopic (exact) mass is 478 g/mol. The van der Waals surface area contributed by atoms with Crippen LogP contribution in [0.25, 0.3) is 10.9 Å². The number of para-hydroxylation sites is 1. The molecule has 174 valence electrons. The molecule has 0 spiro atoms. The number of fused-ring (bicyclic) bond motifs is 1. The van der Waals surface area contributed by atoms with Crippen LogP contribution in [0, 0.1) is 5.82 Å². The molecule has 7 nitrogen and oxygen atoms in total. The van der Waals surface area contributed by atoms with E-state index in [1.165, 1.54) is 23.9 Å².